The lowest BCUT2D eigenvalue weighted by atomic mass is 9.95. The van der Waals surface area contributed by atoms with Gasteiger partial charge in [-0.1, -0.05) is 30.4 Å². The number of aromatic nitrogens is 2. The van der Waals surface area contributed by atoms with Gasteiger partial charge in [0, 0.05) is 6.42 Å². The molecule has 1 aliphatic carbocycles. The number of aliphatic hydroxyl groups is 1. The monoisotopic (exact) mass is 338 g/mol. The highest BCUT2D eigenvalue weighted by Crippen LogP contribution is 2.27. The van der Waals surface area contributed by atoms with Crippen molar-refractivity contribution in [3.8, 4) is 0 Å². The van der Waals surface area contributed by atoms with E-state index in [1.54, 1.807) is 42.5 Å². The Balaban J connectivity index is 1.95. The van der Waals surface area contributed by atoms with E-state index in [-0.39, 0.29) is 23.4 Å². The third-order valence-corrected chi connectivity index (χ3v) is 3.82. The lowest BCUT2D eigenvalue weighted by Crippen LogP contribution is -2.16. The van der Waals surface area contributed by atoms with Crippen molar-refractivity contribution < 1.29 is 19.8 Å². The molecule has 0 saturated carbocycles. The Morgan fingerprint density at radius 3 is 2.72 bits per heavy atom. The number of nitrogens with zero attached hydrogens (tertiary/aromatic N) is 1. The molecule has 0 amide bonds. The molecule has 0 aliphatic heterocycles. The standard InChI is InChI=1S/C18H14N2O5/c21-14(9-15(22)18(24)25)10-4-3-5-11(8-10)16-17(23)20-13-7-2-1-6-12(13)19-16/h1-7,21H,8-9H2,(H,20,23)(H,24,25)/b14-10+. The van der Waals surface area contributed by atoms with Crippen LogP contribution in [0.5, 0.6) is 0 Å². The van der Waals surface area contributed by atoms with Gasteiger partial charge in [-0.15, -0.1) is 0 Å². The largest absolute Gasteiger partial charge is 0.512 e. The summed E-state index contributed by atoms with van der Waals surface area (Å²) in [6.45, 7) is 0. The summed E-state index contributed by atoms with van der Waals surface area (Å²) < 4.78 is 0. The number of allylic oxidation sites excluding steroid dienone is 6. The van der Waals surface area contributed by atoms with E-state index in [1.807, 2.05) is 0 Å². The number of aliphatic hydroxyl groups excluding tert-OH is 1. The van der Waals surface area contributed by atoms with Crippen LogP contribution in [-0.2, 0) is 9.59 Å². The van der Waals surface area contributed by atoms with Gasteiger partial charge in [-0.2, -0.15) is 0 Å². The number of rotatable bonds is 4. The molecule has 3 rings (SSSR count). The number of H-pyrrole nitrogens is 1. The fraction of sp³-hybridized carbons (Fsp3) is 0.111. The number of nitrogens with one attached hydrogen (secondary N) is 1. The average molecular weight is 338 g/mol. The lowest BCUT2D eigenvalue weighted by Gasteiger charge is -2.13. The van der Waals surface area contributed by atoms with Gasteiger partial charge in [-0.25, -0.2) is 9.78 Å². The van der Waals surface area contributed by atoms with E-state index in [1.165, 1.54) is 0 Å². The fourth-order valence-corrected chi connectivity index (χ4v) is 2.55. The Morgan fingerprint density at radius 2 is 1.96 bits per heavy atom. The summed E-state index contributed by atoms with van der Waals surface area (Å²) in [7, 11) is 0. The predicted octanol–water partition coefficient (Wildman–Crippen LogP) is 2.12. The number of carboxylic acids is 1. The van der Waals surface area contributed by atoms with Crippen molar-refractivity contribution in [3.05, 3.63) is 69.9 Å². The van der Waals surface area contributed by atoms with Gasteiger partial charge in [0.2, 0.25) is 5.78 Å². The zero-order chi connectivity index (χ0) is 18.0. The molecule has 0 spiro atoms. The number of hydrogen-bond donors (Lipinski definition) is 3. The number of aromatic amines is 1. The number of carbonyl (C=O) groups excluding carboxylic acids is 1. The molecule has 0 atom stereocenters. The van der Waals surface area contributed by atoms with E-state index in [9.17, 15) is 19.5 Å². The highest BCUT2D eigenvalue weighted by Gasteiger charge is 2.19. The summed E-state index contributed by atoms with van der Waals surface area (Å²) in [6, 6.07) is 7.12. The van der Waals surface area contributed by atoms with E-state index in [0.29, 0.717) is 22.2 Å². The maximum absolute atomic E-state index is 12.3. The topological polar surface area (TPSA) is 120 Å². The third kappa shape index (κ3) is 3.40. The number of Topliss-reactive ketones (excluding diaryl/α,β-unsaturated/α-hetero) is 1. The number of hydrogen-bond acceptors (Lipinski definition) is 5. The van der Waals surface area contributed by atoms with Crippen molar-refractivity contribution in [1.29, 1.82) is 0 Å². The number of fused-ring (bicyclic) bond motifs is 1. The van der Waals surface area contributed by atoms with E-state index in [0.717, 1.165) is 0 Å². The van der Waals surface area contributed by atoms with Gasteiger partial charge in [0.1, 0.15) is 11.5 Å². The molecular weight excluding hydrogens is 324 g/mol. The van der Waals surface area contributed by atoms with E-state index in [2.05, 4.69) is 9.97 Å². The molecule has 7 nitrogen and oxygen atoms in total. The molecule has 1 aromatic heterocycles. The molecule has 0 fully saturated rings. The zero-order valence-corrected chi connectivity index (χ0v) is 13.0. The van der Waals surface area contributed by atoms with Crippen molar-refractivity contribution >= 4 is 28.4 Å². The first kappa shape index (κ1) is 16.4. The van der Waals surface area contributed by atoms with Crippen molar-refractivity contribution in [2.45, 2.75) is 12.8 Å². The Bertz CT molecular complexity index is 1030. The minimum atomic E-state index is -1.60. The van der Waals surface area contributed by atoms with Crippen LogP contribution in [0.1, 0.15) is 18.5 Å². The minimum Gasteiger partial charge on any atom is -0.512 e. The van der Waals surface area contributed by atoms with Crippen LogP contribution in [0.3, 0.4) is 0 Å². The molecule has 7 heteroatoms. The predicted molar refractivity (Wildman–Crippen MR) is 91.0 cm³/mol. The summed E-state index contributed by atoms with van der Waals surface area (Å²) in [4.78, 5) is 41.3. The molecule has 1 aliphatic rings. The number of para-hydroxylation sites is 2. The lowest BCUT2D eigenvalue weighted by molar-refractivity contribution is -0.149. The molecule has 1 heterocycles. The van der Waals surface area contributed by atoms with Gasteiger partial charge in [0.15, 0.2) is 0 Å². The van der Waals surface area contributed by atoms with Crippen molar-refractivity contribution in [2.24, 2.45) is 0 Å². The second-order valence-electron chi connectivity index (χ2n) is 5.54. The second kappa shape index (κ2) is 6.56. The maximum Gasteiger partial charge on any atom is 0.372 e. The van der Waals surface area contributed by atoms with Crippen molar-refractivity contribution in [3.63, 3.8) is 0 Å². The van der Waals surface area contributed by atoms with Crippen LogP contribution in [0, 0.1) is 0 Å². The van der Waals surface area contributed by atoms with Gasteiger partial charge in [-0.3, -0.25) is 9.59 Å². The zero-order valence-electron chi connectivity index (χ0n) is 13.0. The average Bonchev–Trinajstić information content (AvgIpc) is 2.61. The molecule has 0 unspecified atom stereocenters. The SMILES string of the molecule is O=C(O)C(=O)C/C(O)=C1/C=CC=C(c2nc3ccccc3[nH]c2=O)C1. The van der Waals surface area contributed by atoms with Crippen LogP contribution >= 0.6 is 0 Å². The molecular formula is C18H14N2O5. The molecule has 0 bridgehead atoms. The molecule has 3 N–H and O–H groups in total. The number of carbonyl (C=O) groups is 2. The van der Waals surface area contributed by atoms with Crippen LogP contribution in [0.4, 0.5) is 0 Å². The van der Waals surface area contributed by atoms with Crippen molar-refractivity contribution in [1.82, 2.24) is 9.97 Å². The first-order valence-electron chi connectivity index (χ1n) is 7.49. The Morgan fingerprint density at radius 1 is 1.20 bits per heavy atom. The van der Waals surface area contributed by atoms with Crippen LogP contribution < -0.4 is 5.56 Å². The van der Waals surface area contributed by atoms with Gasteiger partial charge < -0.3 is 15.2 Å². The van der Waals surface area contributed by atoms with Crippen LogP contribution in [-0.4, -0.2) is 31.9 Å². The van der Waals surface area contributed by atoms with Gasteiger partial charge in [-0.05, 0) is 23.3 Å². The number of ketones is 1. The smallest absolute Gasteiger partial charge is 0.372 e. The molecule has 0 radical (unpaired) electrons. The van der Waals surface area contributed by atoms with E-state index in [4.69, 9.17) is 5.11 Å². The maximum atomic E-state index is 12.3. The van der Waals surface area contributed by atoms with Crippen LogP contribution in [0.25, 0.3) is 16.6 Å². The summed E-state index contributed by atoms with van der Waals surface area (Å²) >= 11 is 0. The number of aliphatic carboxylic acids is 1. The van der Waals surface area contributed by atoms with Crippen LogP contribution in [0.2, 0.25) is 0 Å². The summed E-state index contributed by atoms with van der Waals surface area (Å²) in [5, 5.41) is 18.6. The Kier molecular flexibility index (Phi) is 4.30. The molecule has 126 valence electrons. The highest BCUT2D eigenvalue weighted by molar-refractivity contribution is 6.33. The number of carboxylic acid groups (broad SMARTS) is 1. The normalized spacial score (nSPS) is 15.8. The first-order chi connectivity index (χ1) is 12.0. The second-order valence-corrected chi connectivity index (χ2v) is 5.54. The summed E-state index contributed by atoms with van der Waals surface area (Å²) in [6.07, 6.45) is 4.46. The number of benzene rings is 1. The third-order valence-electron chi connectivity index (χ3n) is 3.82. The van der Waals surface area contributed by atoms with E-state index < -0.39 is 18.2 Å². The van der Waals surface area contributed by atoms with Gasteiger partial charge in [0.05, 0.1) is 17.5 Å². The molecule has 2 aromatic rings. The highest BCUT2D eigenvalue weighted by atomic mass is 16.4. The van der Waals surface area contributed by atoms with Gasteiger partial charge >= 0.3 is 5.97 Å². The summed E-state index contributed by atoms with van der Waals surface area (Å²) in [5.74, 6) is -3.03. The minimum absolute atomic E-state index is 0.170. The molecule has 0 saturated heterocycles. The Labute approximate surface area is 141 Å². The molecule has 1 aromatic carbocycles. The van der Waals surface area contributed by atoms with Gasteiger partial charge in [0.25, 0.3) is 5.56 Å². The molecule has 25 heavy (non-hydrogen) atoms. The quantitative estimate of drug-likeness (QED) is 0.580. The van der Waals surface area contributed by atoms with Crippen LogP contribution in [0.15, 0.2) is 58.6 Å². The summed E-state index contributed by atoms with van der Waals surface area (Å²) in [5.41, 5.74) is 2.05. The van der Waals surface area contributed by atoms with Crippen molar-refractivity contribution in [2.75, 3.05) is 0 Å². The first-order valence-corrected chi connectivity index (χ1v) is 7.49. The Hall–Kier alpha value is -3.48. The van der Waals surface area contributed by atoms with E-state index >= 15 is 0 Å². The fourth-order valence-electron chi connectivity index (χ4n) is 2.55.